The van der Waals surface area contributed by atoms with Gasteiger partial charge in [-0.1, -0.05) is 130 Å². The number of hydrogen-bond donors (Lipinski definition) is 1. The molecule has 0 atom stereocenters. The predicted molar refractivity (Wildman–Crippen MR) is 163 cm³/mol. The fraction of sp³-hybridized carbons (Fsp3) is 0.469. The first kappa shape index (κ1) is 29.8. The lowest BCUT2D eigenvalue weighted by Crippen LogP contribution is -2.16. The second-order valence-corrected chi connectivity index (χ2v) is 10.9. The quantitative estimate of drug-likeness (QED) is 0.0928. The minimum atomic E-state index is -0.0371. The molecule has 2 aromatic carbocycles. The molecule has 3 rings (SSSR count). The van der Waals surface area contributed by atoms with Crippen LogP contribution in [0.25, 0.3) is 16.9 Å². The molecule has 0 aliphatic rings. The highest BCUT2D eigenvalue weighted by atomic mass is 79.9. The molecule has 1 aromatic heterocycles. The lowest BCUT2D eigenvalue weighted by Gasteiger charge is -2.03. The second kappa shape index (κ2) is 17.7. The Balaban J connectivity index is 1.37. The number of nitrogens with one attached hydrogen (secondary N) is 1. The lowest BCUT2D eigenvalue weighted by molar-refractivity contribution is -0.121. The minimum absolute atomic E-state index is 0.0371. The van der Waals surface area contributed by atoms with Gasteiger partial charge in [0.25, 0.3) is 0 Å². The van der Waals surface area contributed by atoms with Crippen molar-refractivity contribution in [2.75, 3.05) is 0 Å². The summed E-state index contributed by atoms with van der Waals surface area (Å²) in [6.45, 7) is 2.27. The third-order valence-electron chi connectivity index (χ3n) is 6.78. The summed E-state index contributed by atoms with van der Waals surface area (Å²) < 4.78 is 2.85. The number of para-hydroxylation sites is 1. The van der Waals surface area contributed by atoms with Gasteiger partial charge in [-0.25, -0.2) is 10.1 Å². The Kier molecular flexibility index (Phi) is 13.9. The molecule has 6 heteroatoms. The number of halogens is 1. The average Bonchev–Trinajstić information content (AvgIpc) is 3.36. The summed E-state index contributed by atoms with van der Waals surface area (Å²) in [6, 6.07) is 18.0. The molecule has 0 bridgehead atoms. The molecule has 0 aliphatic carbocycles. The summed E-state index contributed by atoms with van der Waals surface area (Å²) in [5.74, 6) is -0.0371. The summed E-state index contributed by atoms with van der Waals surface area (Å²) in [6.07, 6.45) is 21.0. The third kappa shape index (κ3) is 10.9. The van der Waals surface area contributed by atoms with Crippen LogP contribution in [-0.2, 0) is 4.79 Å². The number of carbonyl (C=O) groups is 1. The van der Waals surface area contributed by atoms with Gasteiger partial charge in [-0.2, -0.15) is 10.2 Å². The van der Waals surface area contributed by atoms with Crippen LogP contribution in [0.15, 0.2) is 70.4 Å². The predicted octanol–water partition coefficient (Wildman–Crippen LogP) is 9.23. The lowest BCUT2D eigenvalue weighted by atomic mass is 10.0. The number of hydrazone groups is 1. The highest BCUT2D eigenvalue weighted by Gasteiger charge is 2.11. The summed E-state index contributed by atoms with van der Waals surface area (Å²) >= 11 is 3.49. The van der Waals surface area contributed by atoms with Crippen molar-refractivity contribution in [3.8, 4) is 16.9 Å². The largest absolute Gasteiger partial charge is 0.273 e. The van der Waals surface area contributed by atoms with Gasteiger partial charge in [0.1, 0.15) is 5.69 Å². The molecule has 0 aliphatic heterocycles. The van der Waals surface area contributed by atoms with Gasteiger partial charge >= 0.3 is 0 Å². The Bertz CT molecular complexity index is 1090. The molecule has 0 fully saturated rings. The van der Waals surface area contributed by atoms with Gasteiger partial charge in [0.15, 0.2) is 0 Å². The van der Waals surface area contributed by atoms with Crippen LogP contribution >= 0.6 is 15.9 Å². The number of amides is 1. The van der Waals surface area contributed by atoms with Crippen molar-refractivity contribution in [2.24, 2.45) is 5.10 Å². The van der Waals surface area contributed by atoms with E-state index in [4.69, 9.17) is 5.10 Å². The minimum Gasteiger partial charge on any atom is -0.273 e. The Morgan fingerprint density at radius 2 is 1.42 bits per heavy atom. The van der Waals surface area contributed by atoms with E-state index in [0.29, 0.717) is 6.42 Å². The number of nitrogens with zero attached hydrogens (tertiary/aromatic N) is 3. The van der Waals surface area contributed by atoms with E-state index in [1.165, 1.54) is 70.6 Å². The zero-order valence-electron chi connectivity index (χ0n) is 22.9. The Morgan fingerprint density at radius 1 is 0.842 bits per heavy atom. The molecule has 38 heavy (non-hydrogen) atoms. The highest BCUT2D eigenvalue weighted by molar-refractivity contribution is 9.10. The van der Waals surface area contributed by atoms with Crippen LogP contribution in [-0.4, -0.2) is 21.9 Å². The number of benzene rings is 2. The first-order valence-corrected chi connectivity index (χ1v) is 15.2. The van der Waals surface area contributed by atoms with Crippen LogP contribution in [0.4, 0.5) is 0 Å². The van der Waals surface area contributed by atoms with E-state index >= 15 is 0 Å². The van der Waals surface area contributed by atoms with Crippen molar-refractivity contribution in [1.82, 2.24) is 15.2 Å². The van der Waals surface area contributed by atoms with Crippen LogP contribution in [0.5, 0.6) is 0 Å². The monoisotopic (exact) mass is 578 g/mol. The van der Waals surface area contributed by atoms with Crippen LogP contribution in [0.1, 0.15) is 102 Å². The van der Waals surface area contributed by atoms with Gasteiger partial charge in [-0.05, 0) is 30.7 Å². The third-order valence-corrected chi connectivity index (χ3v) is 7.31. The Hall–Kier alpha value is -2.73. The summed E-state index contributed by atoms with van der Waals surface area (Å²) in [4.78, 5) is 12.3. The number of carbonyl (C=O) groups excluding carboxylic acids is 1. The van der Waals surface area contributed by atoms with Crippen molar-refractivity contribution < 1.29 is 4.79 Å². The van der Waals surface area contributed by atoms with Crippen LogP contribution in [0.2, 0.25) is 0 Å². The average molecular weight is 580 g/mol. The maximum absolute atomic E-state index is 12.3. The van der Waals surface area contributed by atoms with Crippen LogP contribution < -0.4 is 5.43 Å². The summed E-state index contributed by atoms with van der Waals surface area (Å²) in [7, 11) is 0. The fourth-order valence-electron chi connectivity index (χ4n) is 4.56. The summed E-state index contributed by atoms with van der Waals surface area (Å²) in [5, 5.41) is 9.04. The maximum Gasteiger partial charge on any atom is 0.240 e. The molecule has 1 amide bonds. The van der Waals surface area contributed by atoms with E-state index in [9.17, 15) is 4.79 Å². The molecule has 0 spiro atoms. The Labute approximate surface area is 237 Å². The first-order valence-electron chi connectivity index (χ1n) is 14.4. The highest BCUT2D eigenvalue weighted by Crippen LogP contribution is 2.24. The van der Waals surface area contributed by atoms with Gasteiger partial charge in [0.2, 0.25) is 5.91 Å². The zero-order chi connectivity index (χ0) is 26.8. The van der Waals surface area contributed by atoms with Crippen molar-refractivity contribution >= 4 is 28.1 Å². The van der Waals surface area contributed by atoms with E-state index in [1.54, 1.807) is 6.21 Å². The van der Waals surface area contributed by atoms with Crippen molar-refractivity contribution in [3.05, 3.63) is 70.8 Å². The van der Waals surface area contributed by atoms with Crippen LogP contribution in [0.3, 0.4) is 0 Å². The van der Waals surface area contributed by atoms with Gasteiger partial charge in [0.05, 0.1) is 11.9 Å². The number of aromatic nitrogens is 2. The molecule has 1 heterocycles. The molecule has 3 aromatic rings. The topological polar surface area (TPSA) is 59.3 Å². The smallest absolute Gasteiger partial charge is 0.240 e. The molecule has 5 nitrogen and oxygen atoms in total. The van der Waals surface area contributed by atoms with E-state index < -0.39 is 0 Å². The maximum atomic E-state index is 12.3. The molecular formula is C32H43BrN4O. The summed E-state index contributed by atoms with van der Waals surface area (Å²) in [5.41, 5.74) is 6.32. The van der Waals surface area contributed by atoms with E-state index in [1.807, 2.05) is 65.5 Å². The van der Waals surface area contributed by atoms with Gasteiger partial charge < -0.3 is 0 Å². The Morgan fingerprint density at radius 3 is 2.03 bits per heavy atom. The molecule has 204 valence electrons. The number of hydrogen-bond acceptors (Lipinski definition) is 3. The van der Waals surface area contributed by atoms with Crippen molar-refractivity contribution in [1.29, 1.82) is 0 Å². The van der Waals surface area contributed by atoms with Gasteiger partial charge in [0, 0.05) is 28.2 Å². The second-order valence-electron chi connectivity index (χ2n) is 10.0. The van der Waals surface area contributed by atoms with E-state index in [-0.39, 0.29) is 5.91 Å². The van der Waals surface area contributed by atoms with E-state index in [2.05, 4.69) is 33.4 Å². The molecular weight excluding hydrogens is 536 g/mol. The van der Waals surface area contributed by atoms with E-state index in [0.717, 1.165) is 39.8 Å². The SMILES string of the molecule is CCCCCCCCCCCCCCCC(=O)N/N=C/c1cn(-c2ccccc2)nc1-c1ccc(Br)cc1. The van der Waals surface area contributed by atoms with Crippen molar-refractivity contribution in [2.45, 2.75) is 96.8 Å². The van der Waals surface area contributed by atoms with Gasteiger partial charge in [-0.15, -0.1) is 0 Å². The standard InChI is InChI=1S/C32H43BrN4O/c1-2-3-4-5-6-7-8-9-10-11-12-13-17-20-31(38)35-34-25-28-26-37(30-18-15-14-16-19-30)36-32(28)27-21-23-29(33)24-22-27/h14-16,18-19,21-26H,2-13,17,20H2,1H3,(H,35,38)/b34-25+. The van der Waals surface area contributed by atoms with Crippen molar-refractivity contribution in [3.63, 3.8) is 0 Å². The molecule has 0 saturated carbocycles. The molecule has 0 saturated heterocycles. The zero-order valence-corrected chi connectivity index (χ0v) is 24.5. The van der Waals surface area contributed by atoms with Gasteiger partial charge in [-0.3, -0.25) is 4.79 Å². The molecule has 1 N–H and O–H groups in total. The fourth-order valence-corrected chi connectivity index (χ4v) is 4.82. The number of rotatable bonds is 18. The normalized spacial score (nSPS) is 11.3. The molecule has 0 radical (unpaired) electrons. The molecule has 0 unspecified atom stereocenters. The first-order chi connectivity index (χ1) is 18.7. The van der Waals surface area contributed by atoms with Crippen LogP contribution in [0, 0.1) is 0 Å². The number of unbranched alkanes of at least 4 members (excludes halogenated alkanes) is 12.